The number of aryl methyl sites for hydroxylation is 1. The van der Waals surface area contributed by atoms with E-state index in [0.29, 0.717) is 17.5 Å². The van der Waals surface area contributed by atoms with Gasteiger partial charge in [-0.2, -0.15) is 0 Å². The summed E-state index contributed by atoms with van der Waals surface area (Å²) < 4.78 is 6.72. The van der Waals surface area contributed by atoms with Gasteiger partial charge in [-0.1, -0.05) is 146 Å². The molecule has 4 heteroatoms. The van der Waals surface area contributed by atoms with Gasteiger partial charge in [0.25, 0.3) is 0 Å². The molecule has 0 aliphatic rings. The van der Waals surface area contributed by atoms with Crippen LogP contribution in [0.1, 0.15) is 29.8 Å². The summed E-state index contributed by atoms with van der Waals surface area (Å²) in [5.74, 6) is 1.81. The van der Waals surface area contributed by atoms with Gasteiger partial charge < -0.3 is 4.42 Å². The first-order valence-electron chi connectivity index (χ1n) is 16.4. The highest BCUT2D eigenvalue weighted by atomic mass is 16.3. The first-order chi connectivity index (χ1) is 23.7. The van der Waals surface area contributed by atoms with E-state index in [1.165, 1.54) is 27.5 Å². The fourth-order valence-electron chi connectivity index (χ4n) is 7.24. The maximum absolute atomic E-state index is 6.72. The summed E-state index contributed by atoms with van der Waals surface area (Å²) in [5.41, 5.74) is 8.42. The van der Waals surface area contributed by atoms with E-state index >= 15 is 0 Å². The van der Waals surface area contributed by atoms with Gasteiger partial charge in [0, 0.05) is 33.2 Å². The summed E-state index contributed by atoms with van der Waals surface area (Å²) in [6.45, 7) is 4.46. The number of furan rings is 1. The summed E-state index contributed by atoms with van der Waals surface area (Å²) in [5, 5.41) is 6.89. The smallest absolute Gasteiger partial charge is 0.163 e. The Morgan fingerprint density at radius 2 is 1.08 bits per heavy atom. The van der Waals surface area contributed by atoms with Crippen molar-refractivity contribution in [2.45, 2.75) is 19.8 Å². The molecule has 9 rings (SSSR count). The van der Waals surface area contributed by atoms with Crippen molar-refractivity contribution in [2.75, 3.05) is 0 Å². The monoisotopic (exact) mass is 617 g/mol. The topological polar surface area (TPSA) is 51.8 Å². The van der Waals surface area contributed by atoms with Crippen LogP contribution >= 0.6 is 0 Å². The fraction of sp³-hybridized carbons (Fsp3) is 0.0682. The number of benzene rings is 7. The van der Waals surface area contributed by atoms with Gasteiger partial charge >= 0.3 is 0 Å². The lowest BCUT2D eigenvalue weighted by atomic mass is 9.82. The minimum absolute atomic E-state index is 0.216. The fourth-order valence-corrected chi connectivity index (χ4v) is 7.24. The number of fused-ring (bicyclic) bond motifs is 6. The summed E-state index contributed by atoms with van der Waals surface area (Å²) in [4.78, 5) is 15.4. The maximum Gasteiger partial charge on any atom is 0.163 e. The van der Waals surface area contributed by atoms with E-state index in [0.717, 1.165) is 49.4 Å². The number of rotatable bonds is 5. The van der Waals surface area contributed by atoms with E-state index in [1.807, 2.05) is 42.5 Å². The van der Waals surface area contributed by atoms with Crippen LogP contribution < -0.4 is 0 Å². The average molecular weight is 618 g/mol. The quantitative estimate of drug-likeness (QED) is 0.193. The van der Waals surface area contributed by atoms with E-state index in [4.69, 9.17) is 19.4 Å². The summed E-state index contributed by atoms with van der Waals surface area (Å²) >= 11 is 0. The second kappa shape index (κ2) is 11.3. The Kier molecular flexibility index (Phi) is 6.61. The molecular formula is C44H31N3O. The summed E-state index contributed by atoms with van der Waals surface area (Å²) in [6, 6.07) is 50.5. The summed E-state index contributed by atoms with van der Waals surface area (Å²) in [6.07, 6.45) is 0. The Morgan fingerprint density at radius 1 is 0.521 bits per heavy atom. The van der Waals surface area contributed by atoms with Crippen LogP contribution in [-0.2, 0) is 0 Å². The molecule has 48 heavy (non-hydrogen) atoms. The molecular weight excluding hydrogens is 587 g/mol. The lowest BCUT2D eigenvalue weighted by Gasteiger charge is -2.22. The van der Waals surface area contributed by atoms with Crippen LogP contribution in [0.4, 0.5) is 0 Å². The lowest BCUT2D eigenvalue weighted by molar-refractivity contribution is 0.672. The van der Waals surface area contributed by atoms with Crippen LogP contribution in [0, 0.1) is 6.92 Å². The zero-order chi connectivity index (χ0) is 32.2. The van der Waals surface area contributed by atoms with Crippen LogP contribution in [0.15, 0.2) is 150 Å². The highest BCUT2D eigenvalue weighted by Gasteiger charge is 2.28. The molecule has 0 aliphatic carbocycles. The predicted octanol–water partition coefficient (Wildman–Crippen LogP) is 11.5. The highest BCUT2D eigenvalue weighted by Crippen LogP contribution is 2.48. The lowest BCUT2D eigenvalue weighted by Crippen LogP contribution is -2.09. The predicted molar refractivity (Wildman–Crippen MR) is 197 cm³/mol. The van der Waals surface area contributed by atoms with Crippen molar-refractivity contribution in [3.05, 3.63) is 163 Å². The molecule has 1 unspecified atom stereocenters. The molecule has 4 nitrogen and oxygen atoms in total. The van der Waals surface area contributed by atoms with Crippen LogP contribution in [0.25, 0.3) is 77.4 Å². The van der Waals surface area contributed by atoms with Crippen molar-refractivity contribution in [3.63, 3.8) is 0 Å². The molecule has 0 N–H and O–H groups in total. The van der Waals surface area contributed by atoms with Crippen molar-refractivity contribution < 1.29 is 4.42 Å². The SMILES string of the molecule is Cc1c(-c2c(C(C)c3nc(-c4ccccc4)nc(-c4ccccc4)n3)c3c4ccccc4oc3c3ccccc23)ccc2ccccc12. The molecule has 0 bridgehead atoms. The molecule has 0 radical (unpaired) electrons. The molecule has 0 amide bonds. The molecule has 0 saturated heterocycles. The largest absolute Gasteiger partial charge is 0.455 e. The number of hydrogen-bond acceptors (Lipinski definition) is 4. The molecule has 0 spiro atoms. The maximum atomic E-state index is 6.72. The van der Waals surface area contributed by atoms with Crippen LogP contribution in [0.2, 0.25) is 0 Å². The van der Waals surface area contributed by atoms with Crippen LogP contribution in [0.3, 0.4) is 0 Å². The third kappa shape index (κ3) is 4.49. The second-order valence-corrected chi connectivity index (χ2v) is 12.4. The standard InChI is InChI=1S/C44H31N3O/c1-27-32-20-10-9-15-29(32)25-26-33(27)39-34-21-11-12-22-35(34)41-40(36-23-13-14-24-37(36)48-41)38(39)28(2)42-45-43(30-16-5-3-6-17-30)47-44(46-42)31-18-7-4-8-19-31/h3-26,28H,1-2H3. The third-order valence-corrected chi connectivity index (χ3v) is 9.58. The van der Waals surface area contributed by atoms with Gasteiger partial charge in [-0.3, -0.25) is 0 Å². The molecule has 0 aliphatic heterocycles. The molecule has 1 atom stereocenters. The molecule has 2 aromatic heterocycles. The summed E-state index contributed by atoms with van der Waals surface area (Å²) in [7, 11) is 0. The van der Waals surface area contributed by atoms with Gasteiger partial charge in [-0.05, 0) is 51.4 Å². The normalized spacial score (nSPS) is 12.3. The van der Waals surface area contributed by atoms with E-state index in [1.54, 1.807) is 0 Å². The van der Waals surface area contributed by atoms with Gasteiger partial charge in [0.2, 0.25) is 0 Å². The zero-order valence-corrected chi connectivity index (χ0v) is 26.7. The zero-order valence-electron chi connectivity index (χ0n) is 26.7. The first-order valence-corrected chi connectivity index (χ1v) is 16.4. The van der Waals surface area contributed by atoms with Crippen molar-refractivity contribution >= 4 is 43.5 Å². The first kappa shape index (κ1) is 28.1. The van der Waals surface area contributed by atoms with E-state index in [9.17, 15) is 0 Å². The van der Waals surface area contributed by atoms with Gasteiger partial charge in [0.1, 0.15) is 17.0 Å². The molecule has 2 heterocycles. The van der Waals surface area contributed by atoms with Crippen molar-refractivity contribution in [1.82, 2.24) is 15.0 Å². The molecule has 0 saturated carbocycles. The van der Waals surface area contributed by atoms with Gasteiger partial charge in [-0.15, -0.1) is 0 Å². The molecule has 0 fully saturated rings. The van der Waals surface area contributed by atoms with E-state index in [2.05, 4.69) is 117 Å². The van der Waals surface area contributed by atoms with Crippen molar-refractivity contribution in [3.8, 4) is 33.9 Å². The Morgan fingerprint density at radius 3 is 1.77 bits per heavy atom. The van der Waals surface area contributed by atoms with Crippen molar-refractivity contribution in [2.24, 2.45) is 0 Å². The van der Waals surface area contributed by atoms with E-state index < -0.39 is 0 Å². The minimum Gasteiger partial charge on any atom is -0.455 e. The van der Waals surface area contributed by atoms with E-state index in [-0.39, 0.29) is 5.92 Å². The van der Waals surface area contributed by atoms with Gasteiger partial charge in [-0.25, -0.2) is 15.0 Å². The Bertz CT molecular complexity index is 2580. The van der Waals surface area contributed by atoms with Gasteiger partial charge in [0.05, 0.1) is 0 Å². The number of aromatic nitrogens is 3. The van der Waals surface area contributed by atoms with Crippen molar-refractivity contribution in [1.29, 1.82) is 0 Å². The molecule has 228 valence electrons. The molecule has 9 aromatic rings. The average Bonchev–Trinajstić information content (AvgIpc) is 3.55. The van der Waals surface area contributed by atoms with Crippen LogP contribution in [0.5, 0.6) is 0 Å². The highest BCUT2D eigenvalue weighted by molar-refractivity contribution is 6.22. The Balaban J connectivity index is 1.41. The Labute approximate surface area is 278 Å². The Hall–Kier alpha value is -6.13. The van der Waals surface area contributed by atoms with Crippen LogP contribution in [-0.4, -0.2) is 15.0 Å². The third-order valence-electron chi connectivity index (χ3n) is 9.58. The number of nitrogens with zero attached hydrogens (tertiary/aromatic N) is 3. The number of para-hydroxylation sites is 1. The minimum atomic E-state index is -0.216. The van der Waals surface area contributed by atoms with Gasteiger partial charge in [0.15, 0.2) is 11.6 Å². The molecule has 7 aromatic carbocycles. The second-order valence-electron chi connectivity index (χ2n) is 12.4. The number of hydrogen-bond donors (Lipinski definition) is 0.